The Hall–Kier alpha value is -7.50. The van der Waals surface area contributed by atoms with E-state index in [1.165, 1.54) is 16.8 Å². The highest BCUT2D eigenvalue weighted by atomic mass is 16.6. The molecule has 1 amide bonds. The molecule has 7 aromatic rings. The van der Waals surface area contributed by atoms with Crippen LogP contribution in [0.3, 0.4) is 0 Å². The number of aromatic nitrogens is 5. The molecule has 8 rings (SSSR count). The van der Waals surface area contributed by atoms with Crippen LogP contribution in [0.4, 0.5) is 0 Å². The number of hydrogen-bond donors (Lipinski definition) is 2. The highest BCUT2D eigenvalue weighted by Crippen LogP contribution is 2.42. The summed E-state index contributed by atoms with van der Waals surface area (Å²) in [6.07, 6.45) is 7.45. The number of piperazine rings is 1. The third-order valence-electron chi connectivity index (χ3n) is 12.5. The van der Waals surface area contributed by atoms with E-state index >= 15 is 0 Å². The molecular formula is C55H59N7O9. The average Bonchev–Trinajstić information content (AvgIpc) is 3.42. The first-order valence-electron chi connectivity index (χ1n) is 23.8. The highest BCUT2D eigenvalue weighted by molar-refractivity contribution is 5.76. The molecule has 2 N–H and O–H groups in total. The molecule has 0 unspecified atom stereocenters. The lowest BCUT2D eigenvalue weighted by Crippen LogP contribution is -2.51. The summed E-state index contributed by atoms with van der Waals surface area (Å²) >= 11 is 0. The Morgan fingerprint density at radius 2 is 1.35 bits per heavy atom. The SMILES string of the molecule is COc1ccc(C(OC[C@H](CO)O[C@H](CN2CCN(C(=O)CCCCCOc3cc(-c4ccccn4)ncc3-c3ccccn3)CC2)n2ccc(=O)[nH]c2=O)(c2ccccc2)c2ccc(OC)cc2)cc1. The minimum absolute atomic E-state index is 0.0786. The summed E-state index contributed by atoms with van der Waals surface area (Å²) in [5, 5.41) is 10.9. The largest absolute Gasteiger partial charge is 0.497 e. The number of pyridine rings is 3. The van der Waals surface area contributed by atoms with E-state index in [-0.39, 0.29) is 19.1 Å². The van der Waals surface area contributed by atoms with Gasteiger partial charge in [0.1, 0.15) is 29.0 Å². The number of aliphatic hydroxyl groups is 1. The van der Waals surface area contributed by atoms with Crippen molar-refractivity contribution < 1.29 is 33.6 Å². The Kier molecular flexibility index (Phi) is 17.1. The fraction of sp³-hybridized carbons (Fsp3) is 0.309. The van der Waals surface area contributed by atoms with Crippen LogP contribution in [0.5, 0.6) is 17.2 Å². The van der Waals surface area contributed by atoms with Gasteiger partial charge in [-0.2, -0.15) is 0 Å². The van der Waals surface area contributed by atoms with Crippen LogP contribution in [0.2, 0.25) is 0 Å². The van der Waals surface area contributed by atoms with E-state index in [2.05, 4.69) is 24.8 Å². The van der Waals surface area contributed by atoms with Gasteiger partial charge in [-0.3, -0.25) is 39.0 Å². The quantitative estimate of drug-likeness (QED) is 0.0508. The number of carbonyl (C=O) groups excluding carboxylic acids is 1. The Morgan fingerprint density at radius 3 is 1.96 bits per heavy atom. The number of H-pyrrole nitrogens is 1. The molecule has 1 aliphatic rings. The molecule has 0 radical (unpaired) electrons. The Bertz CT molecular complexity index is 2830. The Morgan fingerprint density at radius 1 is 0.718 bits per heavy atom. The number of nitrogens with one attached hydrogen (secondary N) is 1. The molecule has 16 heteroatoms. The van der Waals surface area contributed by atoms with E-state index < -0.39 is 35.8 Å². The van der Waals surface area contributed by atoms with E-state index in [0.29, 0.717) is 68.6 Å². The maximum absolute atomic E-state index is 13.5. The van der Waals surface area contributed by atoms with E-state index in [0.717, 1.165) is 46.5 Å². The first-order chi connectivity index (χ1) is 34.8. The number of aliphatic hydroxyl groups excluding tert-OH is 1. The second-order valence-corrected chi connectivity index (χ2v) is 17.1. The minimum Gasteiger partial charge on any atom is -0.497 e. The number of benzene rings is 3. The van der Waals surface area contributed by atoms with Gasteiger partial charge in [-0.15, -0.1) is 0 Å². The minimum atomic E-state index is -1.19. The van der Waals surface area contributed by atoms with Gasteiger partial charge in [0.05, 0.1) is 56.7 Å². The zero-order chi connectivity index (χ0) is 49.4. The number of methoxy groups -OCH3 is 2. The fourth-order valence-corrected chi connectivity index (χ4v) is 8.72. The van der Waals surface area contributed by atoms with Crippen molar-refractivity contribution in [1.29, 1.82) is 0 Å². The molecule has 0 saturated carbocycles. The predicted molar refractivity (Wildman–Crippen MR) is 268 cm³/mol. The van der Waals surface area contributed by atoms with Crippen molar-refractivity contribution >= 4 is 5.91 Å². The number of aromatic amines is 1. The topological polar surface area (TPSA) is 183 Å². The van der Waals surface area contributed by atoms with Gasteiger partial charge in [0.2, 0.25) is 5.91 Å². The summed E-state index contributed by atoms with van der Waals surface area (Å²) in [7, 11) is 3.22. The second kappa shape index (κ2) is 24.4. The van der Waals surface area contributed by atoms with E-state index in [1.807, 2.05) is 126 Å². The van der Waals surface area contributed by atoms with Gasteiger partial charge in [0.25, 0.3) is 5.56 Å². The molecule has 5 heterocycles. The van der Waals surface area contributed by atoms with Gasteiger partial charge in [-0.1, -0.05) is 66.7 Å². The number of unbranched alkanes of at least 4 members (excludes halogenated alkanes) is 2. The molecule has 16 nitrogen and oxygen atoms in total. The summed E-state index contributed by atoms with van der Waals surface area (Å²) in [6, 6.07) is 39.6. The maximum atomic E-state index is 13.5. The van der Waals surface area contributed by atoms with Crippen LogP contribution in [0.25, 0.3) is 22.6 Å². The van der Waals surface area contributed by atoms with Crippen molar-refractivity contribution in [2.45, 2.75) is 43.6 Å². The number of hydrogen-bond acceptors (Lipinski definition) is 13. The lowest BCUT2D eigenvalue weighted by molar-refractivity contribution is -0.139. The van der Waals surface area contributed by atoms with Gasteiger partial charge < -0.3 is 33.7 Å². The number of rotatable bonds is 23. The van der Waals surface area contributed by atoms with Gasteiger partial charge in [0, 0.05) is 76.1 Å². The molecule has 1 fully saturated rings. The van der Waals surface area contributed by atoms with Crippen molar-refractivity contribution in [3.05, 3.63) is 190 Å². The van der Waals surface area contributed by atoms with Crippen molar-refractivity contribution in [3.8, 4) is 39.9 Å². The van der Waals surface area contributed by atoms with Crippen LogP contribution >= 0.6 is 0 Å². The first kappa shape index (κ1) is 49.9. The first-order valence-corrected chi connectivity index (χ1v) is 23.8. The Balaban J connectivity index is 0.890. The molecule has 4 aromatic heterocycles. The summed E-state index contributed by atoms with van der Waals surface area (Å²) in [5.74, 6) is 2.10. The molecular weight excluding hydrogens is 903 g/mol. The molecule has 368 valence electrons. The highest BCUT2D eigenvalue weighted by Gasteiger charge is 2.39. The molecule has 1 aliphatic heterocycles. The van der Waals surface area contributed by atoms with Crippen molar-refractivity contribution in [1.82, 2.24) is 34.3 Å². The molecule has 0 spiro atoms. The van der Waals surface area contributed by atoms with Crippen molar-refractivity contribution in [3.63, 3.8) is 0 Å². The average molecular weight is 962 g/mol. The number of amides is 1. The van der Waals surface area contributed by atoms with Crippen LogP contribution in [-0.4, -0.2) is 118 Å². The lowest BCUT2D eigenvalue weighted by atomic mass is 9.80. The van der Waals surface area contributed by atoms with Gasteiger partial charge in [0.15, 0.2) is 6.23 Å². The molecule has 0 bridgehead atoms. The number of carbonyl (C=O) groups is 1. The summed E-state index contributed by atoms with van der Waals surface area (Å²) in [5.41, 5.74) is 3.05. The van der Waals surface area contributed by atoms with Gasteiger partial charge >= 0.3 is 5.69 Å². The molecule has 3 aromatic carbocycles. The van der Waals surface area contributed by atoms with Crippen LogP contribution < -0.4 is 25.5 Å². The summed E-state index contributed by atoms with van der Waals surface area (Å²) in [6.45, 7) is 2.17. The summed E-state index contributed by atoms with van der Waals surface area (Å²) in [4.78, 5) is 58.9. The monoisotopic (exact) mass is 961 g/mol. The fourth-order valence-electron chi connectivity index (χ4n) is 8.72. The van der Waals surface area contributed by atoms with Gasteiger partial charge in [-0.05, 0) is 84.5 Å². The Labute approximate surface area is 412 Å². The third-order valence-corrected chi connectivity index (χ3v) is 12.5. The van der Waals surface area contributed by atoms with Crippen molar-refractivity contribution in [2.24, 2.45) is 0 Å². The van der Waals surface area contributed by atoms with E-state index in [4.69, 9.17) is 23.7 Å². The standard InChI is InChI=1S/C55H59N7O9/c1-67-43-22-18-41(19-23-43)55(40-13-5-3-6-14-40,42-20-24-44(68-2)25-21-42)70-39-45(38-63)71-53(62-29-26-51(64)59-54(62)66)37-60-30-32-61(33-31-60)52(65)17-7-4-12-34-69-50-35-49(48-16-9-11-28-57-48)58-36-46(50)47-15-8-10-27-56-47/h3,5-6,8-11,13-16,18-29,35-36,45,53,63H,4,7,12,17,30-34,37-39H2,1-2H3,(H,59,64,66)/t45-,53+/m0/s1. The van der Waals surface area contributed by atoms with Gasteiger partial charge in [-0.25, -0.2) is 4.79 Å². The number of nitrogens with zero attached hydrogens (tertiary/aromatic N) is 6. The number of ether oxygens (including phenoxy) is 5. The van der Waals surface area contributed by atoms with Crippen LogP contribution in [0.15, 0.2) is 162 Å². The second-order valence-electron chi connectivity index (χ2n) is 17.1. The van der Waals surface area contributed by atoms with E-state index in [9.17, 15) is 19.5 Å². The lowest BCUT2D eigenvalue weighted by Gasteiger charge is -2.39. The molecule has 1 saturated heterocycles. The zero-order valence-corrected chi connectivity index (χ0v) is 40.0. The molecule has 71 heavy (non-hydrogen) atoms. The summed E-state index contributed by atoms with van der Waals surface area (Å²) < 4.78 is 32.3. The smallest absolute Gasteiger partial charge is 0.330 e. The third kappa shape index (κ3) is 12.5. The normalized spacial score (nSPS) is 13.9. The molecule has 2 atom stereocenters. The van der Waals surface area contributed by atoms with E-state index in [1.54, 1.807) is 32.8 Å². The molecule has 0 aliphatic carbocycles. The zero-order valence-electron chi connectivity index (χ0n) is 40.0. The predicted octanol–water partition coefficient (Wildman–Crippen LogP) is 6.74. The van der Waals surface area contributed by atoms with Crippen LogP contribution in [0, 0.1) is 0 Å². The van der Waals surface area contributed by atoms with Crippen LogP contribution in [-0.2, 0) is 19.9 Å². The van der Waals surface area contributed by atoms with Crippen LogP contribution in [0.1, 0.15) is 48.6 Å². The van der Waals surface area contributed by atoms with Crippen molar-refractivity contribution in [2.75, 3.05) is 66.8 Å². The maximum Gasteiger partial charge on any atom is 0.330 e.